The lowest BCUT2D eigenvalue weighted by atomic mass is 9.68. The number of hydrogen-bond acceptors (Lipinski definition) is 10. The number of hydrogen-bond donors (Lipinski definition) is 8. The Bertz CT molecular complexity index is 3370. The Morgan fingerprint density at radius 3 is 1.57 bits per heavy atom. The number of aliphatic hydroxyl groups is 4. The maximum absolute atomic E-state index is 12.1. The molecule has 0 amide bonds. The fraction of sp³-hybridized carbons (Fsp3) is 0.226. The van der Waals surface area contributed by atoms with Gasteiger partial charge >= 0.3 is 0 Å². The molecular formula is C62H64B2N2O8. The van der Waals surface area contributed by atoms with Gasteiger partial charge in [-0.3, -0.25) is 0 Å². The number of aliphatic hydroxyl groups excluding tert-OH is 4. The van der Waals surface area contributed by atoms with Crippen molar-refractivity contribution < 1.29 is 40.9 Å². The van der Waals surface area contributed by atoms with Gasteiger partial charge in [0.2, 0.25) is 0 Å². The first-order valence-corrected chi connectivity index (χ1v) is 25.3. The highest BCUT2D eigenvalue weighted by Gasteiger charge is 2.42. The van der Waals surface area contributed by atoms with Crippen molar-refractivity contribution in [3.8, 4) is 56.4 Å². The van der Waals surface area contributed by atoms with E-state index in [2.05, 4.69) is 47.4 Å². The van der Waals surface area contributed by atoms with E-state index in [1.165, 1.54) is 0 Å². The first-order valence-electron chi connectivity index (χ1n) is 25.3. The van der Waals surface area contributed by atoms with Crippen LogP contribution < -0.4 is 15.3 Å². The quantitative estimate of drug-likeness (QED) is 0.0376. The van der Waals surface area contributed by atoms with E-state index < -0.39 is 29.8 Å². The highest BCUT2D eigenvalue weighted by molar-refractivity contribution is 6.38. The molecule has 12 heteroatoms. The SMILES string of the molecule is BC1=C(C2=C(O)C(C)=C(N(c3ccccc3)c3ccc(-c4ccc(-c5ccc(N(C6=CC=CCC6)c6c(O)c(C)c(-c7c(B)c(O)c(C)c(C)c7C)c(O)c6O)cc5)cc4)cc3)C(C)C2O)C(C)C(O)C(C)=C1O. The highest BCUT2D eigenvalue weighted by atomic mass is 16.3. The maximum Gasteiger partial charge on any atom is 0.186 e. The van der Waals surface area contributed by atoms with E-state index in [-0.39, 0.29) is 40.0 Å². The minimum atomic E-state index is -1.14. The molecule has 6 aromatic carbocycles. The zero-order valence-corrected chi connectivity index (χ0v) is 43.7. The van der Waals surface area contributed by atoms with Crippen molar-refractivity contribution in [1.82, 2.24) is 0 Å². The Morgan fingerprint density at radius 1 is 0.500 bits per heavy atom. The number of aromatic hydroxyl groups is 4. The number of allylic oxidation sites excluding steroid dienone is 6. The summed E-state index contributed by atoms with van der Waals surface area (Å²) in [6.07, 6.45) is 5.25. The summed E-state index contributed by atoms with van der Waals surface area (Å²) in [4.78, 5) is 3.87. The second-order valence-corrected chi connectivity index (χ2v) is 20.2. The number of phenolic OH excluding ortho intramolecular Hbond substituents is 4. The largest absolute Gasteiger partial charge is 0.509 e. The van der Waals surface area contributed by atoms with Crippen LogP contribution in [0.3, 0.4) is 0 Å². The molecule has 3 aliphatic carbocycles. The van der Waals surface area contributed by atoms with Crippen molar-refractivity contribution in [1.29, 1.82) is 0 Å². The third kappa shape index (κ3) is 8.45. The zero-order valence-electron chi connectivity index (χ0n) is 43.7. The van der Waals surface area contributed by atoms with Crippen LogP contribution in [0.1, 0.15) is 62.8 Å². The average molecular weight is 987 g/mol. The van der Waals surface area contributed by atoms with Crippen LogP contribution >= 0.6 is 0 Å². The molecule has 74 heavy (non-hydrogen) atoms. The van der Waals surface area contributed by atoms with E-state index in [4.69, 9.17) is 0 Å². The molecular weight excluding hydrogens is 922 g/mol. The standard InChI is InChI=1S/C62H64B2N2O8/c1-31-32(2)47(51(63)58(70)33(31)3)49-35(5)60(72)54(62(74)61(49)73)66(44-17-13-10-14-18-44)46-29-25-42(26-30-46)40-21-19-39(20-22-40)41-23-27-45(28-24-41)65(43-15-11-9-12-16-43)53-36(6)56(68)50(57(69)37(53)7)48-34(4)55(67)38(8)59(71)52(48)64/h9-13,15-17,19-30,34,36,55-56,67-74H,14,18,63-64H2,1-8H3. The predicted molar refractivity (Wildman–Crippen MR) is 304 cm³/mol. The molecule has 0 bridgehead atoms. The minimum Gasteiger partial charge on any atom is -0.509 e. The van der Waals surface area contributed by atoms with Crippen LogP contribution in [0.2, 0.25) is 0 Å². The zero-order chi connectivity index (χ0) is 53.2. The molecule has 8 N–H and O–H groups in total. The third-order valence-electron chi connectivity index (χ3n) is 16.0. The number of anilines is 4. The molecule has 10 nitrogen and oxygen atoms in total. The first-order chi connectivity index (χ1) is 35.3. The molecule has 0 aliphatic heterocycles. The Labute approximate surface area is 435 Å². The van der Waals surface area contributed by atoms with Gasteiger partial charge in [-0.15, -0.1) is 0 Å². The van der Waals surface area contributed by atoms with Crippen LogP contribution in [-0.4, -0.2) is 68.8 Å². The van der Waals surface area contributed by atoms with Crippen molar-refractivity contribution in [3.63, 3.8) is 0 Å². The molecule has 4 unspecified atom stereocenters. The molecule has 9 rings (SSSR count). The van der Waals surface area contributed by atoms with Gasteiger partial charge in [-0.25, -0.2) is 0 Å². The van der Waals surface area contributed by atoms with Crippen LogP contribution in [-0.2, 0) is 0 Å². The smallest absolute Gasteiger partial charge is 0.186 e. The lowest BCUT2D eigenvalue weighted by Crippen LogP contribution is -2.39. The molecule has 3 aliphatic rings. The molecule has 4 atom stereocenters. The average Bonchev–Trinajstić information content (AvgIpc) is 3.42. The number of rotatable bonds is 10. The fourth-order valence-corrected chi connectivity index (χ4v) is 11.5. The van der Waals surface area contributed by atoms with Gasteiger partial charge in [-0.2, -0.15) is 0 Å². The Morgan fingerprint density at radius 2 is 1.03 bits per heavy atom. The van der Waals surface area contributed by atoms with Crippen LogP contribution in [0.5, 0.6) is 23.0 Å². The topological polar surface area (TPSA) is 168 Å². The van der Waals surface area contributed by atoms with Crippen molar-refractivity contribution in [2.45, 2.75) is 80.4 Å². The molecule has 0 fully saturated rings. The van der Waals surface area contributed by atoms with E-state index in [0.717, 1.165) is 68.1 Å². The van der Waals surface area contributed by atoms with Gasteiger partial charge in [-0.05, 0) is 163 Å². The van der Waals surface area contributed by atoms with Crippen molar-refractivity contribution >= 4 is 43.9 Å². The van der Waals surface area contributed by atoms with Crippen LogP contribution in [0.4, 0.5) is 22.7 Å². The van der Waals surface area contributed by atoms with Crippen molar-refractivity contribution in [2.24, 2.45) is 11.8 Å². The van der Waals surface area contributed by atoms with E-state index in [1.807, 2.05) is 120 Å². The number of benzene rings is 6. The number of para-hydroxylation sites is 1. The van der Waals surface area contributed by atoms with Crippen LogP contribution in [0.25, 0.3) is 33.4 Å². The molecule has 0 spiro atoms. The molecule has 0 heterocycles. The third-order valence-corrected chi connectivity index (χ3v) is 16.0. The van der Waals surface area contributed by atoms with Crippen molar-refractivity contribution in [3.05, 3.63) is 194 Å². The summed E-state index contributed by atoms with van der Waals surface area (Å²) in [5.41, 5.74) is 14.5. The molecule has 0 aromatic heterocycles. The highest BCUT2D eigenvalue weighted by Crippen LogP contribution is 2.55. The van der Waals surface area contributed by atoms with E-state index >= 15 is 0 Å². The van der Waals surface area contributed by atoms with Gasteiger partial charge in [0.15, 0.2) is 11.5 Å². The fourth-order valence-electron chi connectivity index (χ4n) is 11.5. The summed E-state index contributed by atoms with van der Waals surface area (Å²) in [6, 6.07) is 34.2. The van der Waals surface area contributed by atoms with Crippen LogP contribution in [0, 0.1) is 39.5 Å². The lowest BCUT2D eigenvalue weighted by Gasteiger charge is -2.41. The summed E-state index contributed by atoms with van der Waals surface area (Å²) >= 11 is 0. The second kappa shape index (κ2) is 19.9. The van der Waals surface area contributed by atoms with Crippen LogP contribution in [0.15, 0.2) is 172 Å². The Hall–Kier alpha value is -7.79. The van der Waals surface area contributed by atoms with Gasteiger partial charge in [0, 0.05) is 62.6 Å². The number of phenols is 4. The van der Waals surface area contributed by atoms with E-state index in [9.17, 15) is 40.9 Å². The second-order valence-electron chi connectivity index (χ2n) is 20.2. The summed E-state index contributed by atoms with van der Waals surface area (Å²) < 4.78 is 0. The summed E-state index contributed by atoms with van der Waals surface area (Å²) in [5, 5.41) is 92.9. The van der Waals surface area contributed by atoms with E-state index in [0.29, 0.717) is 56.5 Å². The molecule has 6 aromatic rings. The summed E-state index contributed by atoms with van der Waals surface area (Å²) in [6.45, 7) is 14.7. The van der Waals surface area contributed by atoms with Gasteiger partial charge in [0.1, 0.15) is 44.4 Å². The first kappa shape index (κ1) is 51.1. The monoisotopic (exact) mass is 986 g/mol. The normalized spacial score (nSPS) is 19.1. The van der Waals surface area contributed by atoms with Gasteiger partial charge < -0.3 is 50.7 Å². The maximum atomic E-state index is 12.1. The van der Waals surface area contributed by atoms with E-state index in [1.54, 1.807) is 34.4 Å². The number of nitrogens with zero attached hydrogens (tertiary/aromatic N) is 2. The predicted octanol–water partition coefficient (Wildman–Crippen LogP) is 11.3. The van der Waals surface area contributed by atoms with Crippen molar-refractivity contribution in [2.75, 3.05) is 9.80 Å². The molecule has 0 saturated carbocycles. The lowest BCUT2D eigenvalue weighted by molar-refractivity contribution is 0.138. The molecule has 0 radical (unpaired) electrons. The Kier molecular flexibility index (Phi) is 13.8. The summed E-state index contributed by atoms with van der Waals surface area (Å²) in [7, 11) is 3.53. The van der Waals surface area contributed by atoms with Gasteiger partial charge in [0.05, 0.1) is 12.2 Å². The molecule has 376 valence electrons. The van der Waals surface area contributed by atoms with Gasteiger partial charge in [0.25, 0.3) is 0 Å². The minimum absolute atomic E-state index is 0.0221. The molecule has 0 saturated heterocycles. The Balaban J connectivity index is 1.02. The van der Waals surface area contributed by atoms with Gasteiger partial charge in [-0.1, -0.05) is 92.7 Å². The summed E-state index contributed by atoms with van der Waals surface area (Å²) in [5.74, 6) is -1.97.